The Hall–Kier alpha value is -1.13. The molecule has 1 aromatic carbocycles. The Balaban J connectivity index is 2.03. The average molecular weight is 306 g/mol. The topological polar surface area (TPSA) is 43.8 Å². The summed E-state index contributed by atoms with van der Waals surface area (Å²) < 4.78 is 2.99. The molecule has 0 radical (unpaired) electrons. The van der Waals surface area contributed by atoms with E-state index in [0.717, 1.165) is 28.7 Å². The van der Waals surface area contributed by atoms with E-state index in [1.807, 2.05) is 10.9 Å². The molecular weight excluding hydrogens is 290 g/mol. The highest BCUT2D eigenvalue weighted by atomic mass is 79.9. The van der Waals surface area contributed by atoms with Gasteiger partial charge in [0.25, 0.3) is 0 Å². The van der Waals surface area contributed by atoms with E-state index < -0.39 is 0 Å². The molecule has 1 saturated carbocycles. The van der Waals surface area contributed by atoms with Crippen LogP contribution in [0.4, 0.5) is 0 Å². The number of nitrogens with zero attached hydrogens (tertiary/aromatic N) is 2. The van der Waals surface area contributed by atoms with Crippen LogP contribution in [-0.4, -0.2) is 16.3 Å². The average Bonchev–Trinajstić information content (AvgIpc) is 3.06. The number of hydrogen-bond acceptors (Lipinski definition) is 2. The minimum atomic E-state index is 0.119. The van der Waals surface area contributed by atoms with Crippen LogP contribution in [0.15, 0.2) is 34.9 Å². The summed E-state index contributed by atoms with van der Waals surface area (Å²) in [5, 5.41) is 4.72. The molecule has 18 heavy (non-hydrogen) atoms. The van der Waals surface area contributed by atoms with E-state index in [1.165, 1.54) is 5.56 Å². The van der Waals surface area contributed by atoms with Gasteiger partial charge in [-0.05, 0) is 53.4 Å². The SMILES string of the molecule is Cc1cccc(-n2cc(Br)c(C3(CN)CC3)n2)c1. The first kappa shape index (κ1) is 11.9. The highest BCUT2D eigenvalue weighted by Gasteiger charge is 2.46. The van der Waals surface area contributed by atoms with Gasteiger partial charge < -0.3 is 5.73 Å². The monoisotopic (exact) mass is 305 g/mol. The van der Waals surface area contributed by atoms with E-state index >= 15 is 0 Å². The molecule has 1 fully saturated rings. The van der Waals surface area contributed by atoms with Gasteiger partial charge in [-0.15, -0.1) is 0 Å². The summed E-state index contributed by atoms with van der Waals surface area (Å²) in [4.78, 5) is 0. The van der Waals surface area contributed by atoms with Crippen LogP contribution in [0.3, 0.4) is 0 Å². The summed E-state index contributed by atoms with van der Waals surface area (Å²) in [5.41, 5.74) is 9.42. The highest BCUT2D eigenvalue weighted by molar-refractivity contribution is 9.10. The van der Waals surface area contributed by atoms with Crippen molar-refractivity contribution in [2.24, 2.45) is 5.73 Å². The van der Waals surface area contributed by atoms with E-state index in [0.29, 0.717) is 6.54 Å². The summed E-state index contributed by atoms with van der Waals surface area (Å²) in [5.74, 6) is 0. The van der Waals surface area contributed by atoms with Crippen LogP contribution in [0, 0.1) is 6.92 Å². The Kier molecular flexibility index (Phi) is 2.79. The van der Waals surface area contributed by atoms with E-state index in [2.05, 4.69) is 47.1 Å². The fourth-order valence-electron chi connectivity index (χ4n) is 2.30. The molecule has 2 N–H and O–H groups in total. The summed E-state index contributed by atoms with van der Waals surface area (Å²) in [7, 11) is 0. The Morgan fingerprint density at radius 3 is 2.83 bits per heavy atom. The van der Waals surface area contributed by atoms with Crippen molar-refractivity contribution in [2.75, 3.05) is 6.54 Å². The summed E-state index contributed by atoms with van der Waals surface area (Å²) in [6.45, 7) is 2.77. The molecule has 3 nitrogen and oxygen atoms in total. The molecule has 0 unspecified atom stereocenters. The van der Waals surface area contributed by atoms with Gasteiger partial charge >= 0.3 is 0 Å². The summed E-state index contributed by atoms with van der Waals surface area (Å²) in [6, 6.07) is 8.34. The molecular formula is C14H16BrN3. The Morgan fingerprint density at radius 1 is 1.44 bits per heavy atom. The van der Waals surface area contributed by atoms with Crippen molar-refractivity contribution in [1.29, 1.82) is 0 Å². The van der Waals surface area contributed by atoms with Gasteiger partial charge in [0, 0.05) is 18.2 Å². The van der Waals surface area contributed by atoms with Crippen molar-refractivity contribution in [3.05, 3.63) is 46.2 Å². The van der Waals surface area contributed by atoms with Gasteiger partial charge in [-0.3, -0.25) is 0 Å². The van der Waals surface area contributed by atoms with Crippen molar-refractivity contribution in [2.45, 2.75) is 25.2 Å². The molecule has 0 amide bonds. The third-order valence-electron chi connectivity index (χ3n) is 3.68. The molecule has 0 saturated heterocycles. The predicted molar refractivity (Wildman–Crippen MR) is 76.0 cm³/mol. The number of benzene rings is 1. The lowest BCUT2D eigenvalue weighted by Gasteiger charge is -2.09. The molecule has 4 heteroatoms. The molecule has 1 heterocycles. The van der Waals surface area contributed by atoms with Gasteiger partial charge in [-0.25, -0.2) is 4.68 Å². The van der Waals surface area contributed by atoms with Gasteiger partial charge in [-0.1, -0.05) is 12.1 Å². The first-order valence-corrected chi connectivity index (χ1v) is 6.97. The third kappa shape index (κ3) is 1.89. The molecule has 1 aliphatic carbocycles. The third-order valence-corrected chi connectivity index (χ3v) is 4.26. The lowest BCUT2D eigenvalue weighted by atomic mass is 10.0. The zero-order chi connectivity index (χ0) is 12.8. The maximum absolute atomic E-state index is 5.87. The van der Waals surface area contributed by atoms with Crippen LogP contribution in [-0.2, 0) is 5.41 Å². The van der Waals surface area contributed by atoms with Crippen LogP contribution in [0.1, 0.15) is 24.1 Å². The first-order chi connectivity index (χ1) is 8.64. The number of halogens is 1. The minimum absolute atomic E-state index is 0.119. The molecule has 1 aromatic heterocycles. The van der Waals surface area contributed by atoms with Crippen LogP contribution < -0.4 is 5.73 Å². The molecule has 0 atom stereocenters. The smallest absolute Gasteiger partial charge is 0.0845 e. The molecule has 94 valence electrons. The zero-order valence-corrected chi connectivity index (χ0v) is 11.9. The fraction of sp³-hybridized carbons (Fsp3) is 0.357. The van der Waals surface area contributed by atoms with Crippen molar-refractivity contribution >= 4 is 15.9 Å². The standard InChI is InChI=1S/C14H16BrN3/c1-10-3-2-4-11(7-10)18-8-12(15)13(17-18)14(9-16)5-6-14/h2-4,7-8H,5-6,9,16H2,1H3. The van der Waals surface area contributed by atoms with Gasteiger partial charge in [0.15, 0.2) is 0 Å². The molecule has 1 aliphatic rings. The Morgan fingerprint density at radius 2 is 2.22 bits per heavy atom. The number of hydrogen-bond donors (Lipinski definition) is 1. The Labute approximate surface area is 115 Å². The number of rotatable bonds is 3. The number of nitrogens with two attached hydrogens (primary N) is 1. The second-order valence-electron chi connectivity index (χ2n) is 5.09. The first-order valence-electron chi connectivity index (χ1n) is 6.17. The lowest BCUT2D eigenvalue weighted by Crippen LogP contribution is -2.21. The quantitative estimate of drug-likeness (QED) is 0.947. The van der Waals surface area contributed by atoms with E-state index in [4.69, 9.17) is 10.8 Å². The van der Waals surface area contributed by atoms with Crippen molar-refractivity contribution in [3.8, 4) is 5.69 Å². The van der Waals surface area contributed by atoms with Gasteiger partial charge in [0.2, 0.25) is 0 Å². The molecule has 0 aliphatic heterocycles. The molecule has 0 spiro atoms. The second kappa shape index (κ2) is 4.21. The largest absolute Gasteiger partial charge is 0.330 e. The number of aryl methyl sites for hydroxylation is 1. The summed E-state index contributed by atoms with van der Waals surface area (Å²) >= 11 is 3.61. The van der Waals surface area contributed by atoms with Gasteiger partial charge in [-0.2, -0.15) is 5.10 Å². The molecule has 2 aromatic rings. The van der Waals surface area contributed by atoms with Crippen LogP contribution in [0.2, 0.25) is 0 Å². The molecule has 0 bridgehead atoms. The normalized spacial score (nSPS) is 16.8. The van der Waals surface area contributed by atoms with Crippen LogP contribution >= 0.6 is 15.9 Å². The second-order valence-corrected chi connectivity index (χ2v) is 5.95. The maximum Gasteiger partial charge on any atom is 0.0845 e. The van der Waals surface area contributed by atoms with Crippen molar-refractivity contribution in [1.82, 2.24) is 9.78 Å². The van der Waals surface area contributed by atoms with Crippen molar-refractivity contribution in [3.63, 3.8) is 0 Å². The van der Waals surface area contributed by atoms with E-state index in [-0.39, 0.29) is 5.41 Å². The fourth-order valence-corrected chi connectivity index (χ4v) is 3.00. The van der Waals surface area contributed by atoms with Crippen LogP contribution in [0.25, 0.3) is 5.69 Å². The van der Waals surface area contributed by atoms with Gasteiger partial charge in [0.05, 0.1) is 15.9 Å². The van der Waals surface area contributed by atoms with Gasteiger partial charge in [0.1, 0.15) is 0 Å². The molecule has 3 rings (SSSR count). The van der Waals surface area contributed by atoms with Crippen molar-refractivity contribution < 1.29 is 0 Å². The predicted octanol–water partition coefficient (Wildman–Crippen LogP) is 2.93. The lowest BCUT2D eigenvalue weighted by molar-refractivity contribution is 0.659. The number of aromatic nitrogens is 2. The van der Waals surface area contributed by atoms with Crippen LogP contribution in [0.5, 0.6) is 0 Å². The summed E-state index contributed by atoms with van der Waals surface area (Å²) in [6.07, 6.45) is 4.32. The highest BCUT2D eigenvalue weighted by Crippen LogP contribution is 2.48. The van der Waals surface area contributed by atoms with E-state index in [9.17, 15) is 0 Å². The minimum Gasteiger partial charge on any atom is -0.330 e. The zero-order valence-electron chi connectivity index (χ0n) is 10.4. The maximum atomic E-state index is 5.87. The van der Waals surface area contributed by atoms with E-state index in [1.54, 1.807) is 0 Å². The Bertz CT molecular complexity index is 584.